The highest BCUT2D eigenvalue weighted by Crippen LogP contribution is 2.30. The number of aryl methyl sites for hydroxylation is 2. The second kappa shape index (κ2) is 11.4. The average molecular weight is 496 g/mol. The molecule has 192 valence electrons. The van der Waals surface area contributed by atoms with E-state index in [4.69, 9.17) is 14.0 Å². The summed E-state index contributed by atoms with van der Waals surface area (Å²) >= 11 is 0. The Morgan fingerprint density at radius 2 is 2.08 bits per heavy atom. The van der Waals surface area contributed by atoms with Crippen LogP contribution in [0.4, 0.5) is 5.95 Å². The second-order valence-corrected chi connectivity index (χ2v) is 9.52. The fraction of sp³-hybridized carbons (Fsp3) is 0.500. The lowest BCUT2D eigenvalue weighted by Gasteiger charge is -2.26. The molecule has 3 aromatic rings. The third-order valence-electron chi connectivity index (χ3n) is 6.18. The maximum absolute atomic E-state index is 11.3. The SMILES string of the molecule is Cc1cc(OC(C)C)nc(NCc2c(C)noc2-c2ccc(OC[C@H]3CCC[C@H](C(=O)O)C3)cn2)n1. The normalized spacial score (nSPS) is 17.7. The van der Waals surface area contributed by atoms with Crippen molar-refractivity contribution in [2.75, 3.05) is 11.9 Å². The molecule has 0 unspecified atom stereocenters. The number of aliphatic carboxylic acids is 1. The summed E-state index contributed by atoms with van der Waals surface area (Å²) in [7, 11) is 0. The molecule has 0 bridgehead atoms. The number of carboxylic acids is 1. The Balaban J connectivity index is 1.39. The molecule has 0 aliphatic heterocycles. The maximum Gasteiger partial charge on any atom is 0.306 e. The van der Waals surface area contributed by atoms with E-state index in [1.165, 1.54) is 0 Å². The predicted molar refractivity (Wildman–Crippen MR) is 133 cm³/mol. The summed E-state index contributed by atoms with van der Waals surface area (Å²) in [5.41, 5.74) is 3.04. The highest BCUT2D eigenvalue weighted by molar-refractivity contribution is 5.70. The minimum Gasteiger partial charge on any atom is -0.492 e. The number of hydrogen-bond donors (Lipinski definition) is 2. The number of carboxylic acid groups (broad SMARTS) is 1. The smallest absolute Gasteiger partial charge is 0.306 e. The van der Waals surface area contributed by atoms with Gasteiger partial charge in [-0.15, -0.1) is 0 Å². The van der Waals surface area contributed by atoms with Gasteiger partial charge in [-0.1, -0.05) is 11.6 Å². The molecule has 2 atom stereocenters. The summed E-state index contributed by atoms with van der Waals surface area (Å²) in [5, 5.41) is 16.6. The molecule has 1 aliphatic rings. The number of ether oxygens (including phenoxy) is 2. The van der Waals surface area contributed by atoms with Crippen molar-refractivity contribution >= 4 is 11.9 Å². The molecule has 0 radical (unpaired) electrons. The quantitative estimate of drug-likeness (QED) is 0.403. The fourth-order valence-electron chi connectivity index (χ4n) is 4.37. The lowest BCUT2D eigenvalue weighted by atomic mass is 9.82. The first-order valence-electron chi connectivity index (χ1n) is 12.3. The number of anilines is 1. The van der Waals surface area contributed by atoms with Gasteiger partial charge in [-0.05, 0) is 65.0 Å². The van der Waals surface area contributed by atoms with Gasteiger partial charge in [0.15, 0.2) is 5.76 Å². The van der Waals surface area contributed by atoms with E-state index in [9.17, 15) is 9.90 Å². The van der Waals surface area contributed by atoms with Crippen LogP contribution in [-0.2, 0) is 11.3 Å². The first-order valence-corrected chi connectivity index (χ1v) is 12.3. The van der Waals surface area contributed by atoms with Crippen LogP contribution >= 0.6 is 0 Å². The van der Waals surface area contributed by atoms with Gasteiger partial charge in [0.05, 0.1) is 30.5 Å². The van der Waals surface area contributed by atoms with Crippen LogP contribution in [0, 0.1) is 25.7 Å². The molecule has 1 saturated carbocycles. The fourth-order valence-corrected chi connectivity index (χ4v) is 4.37. The van der Waals surface area contributed by atoms with Gasteiger partial charge in [-0.2, -0.15) is 4.98 Å². The summed E-state index contributed by atoms with van der Waals surface area (Å²) in [6.07, 6.45) is 4.98. The summed E-state index contributed by atoms with van der Waals surface area (Å²) in [4.78, 5) is 24.7. The highest BCUT2D eigenvalue weighted by Gasteiger charge is 2.27. The molecule has 10 nitrogen and oxygen atoms in total. The molecule has 4 rings (SSSR count). The van der Waals surface area contributed by atoms with Crippen LogP contribution in [0.15, 0.2) is 28.9 Å². The maximum atomic E-state index is 11.3. The third kappa shape index (κ3) is 6.50. The van der Waals surface area contributed by atoms with Gasteiger partial charge >= 0.3 is 5.97 Å². The van der Waals surface area contributed by atoms with Crippen LogP contribution in [-0.4, -0.2) is 43.9 Å². The second-order valence-electron chi connectivity index (χ2n) is 9.52. The van der Waals surface area contributed by atoms with E-state index in [2.05, 4.69) is 25.4 Å². The first-order chi connectivity index (χ1) is 17.3. The standard InChI is InChI=1S/C26H33N5O5/c1-15(2)35-23-10-16(3)29-26(30-23)28-13-21-17(4)31-36-24(21)22-9-8-20(12-27-22)34-14-18-6-5-7-19(11-18)25(32)33/h8-10,12,15,18-19H,5-7,11,13-14H2,1-4H3,(H,32,33)(H,28,29,30)/t18-,19-/m0/s1. The van der Waals surface area contributed by atoms with Crippen molar-refractivity contribution in [1.29, 1.82) is 0 Å². The Morgan fingerprint density at radius 3 is 2.81 bits per heavy atom. The minimum atomic E-state index is -0.711. The zero-order chi connectivity index (χ0) is 25.7. The third-order valence-corrected chi connectivity index (χ3v) is 6.18. The van der Waals surface area contributed by atoms with Crippen molar-refractivity contribution < 1.29 is 23.9 Å². The van der Waals surface area contributed by atoms with E-state index in [-0.39, 0.29) is 17.9 Å². The molecule has 10 heteroatoms. The molecule has 0 aromatic carbocycles. The van der Waals surface area contributed by atoms with Crippen LogP contribution in [0.25, 0.3) is 11.5 Å². The van der Waals surface area contributed by atoms with Crippen LogP contribution in [0.1, 0.15) is 56.5 Å². The van der Waals surface area contributed by atoms with Crippen LogP contribution in [0.5, 0.6) is 11.6 Å². The monoisotopic (exact) mass is 495 g/mol. The Morgan fingerprint density at radius 1 is 1.25 bits per heavy atom. The van der Waals surface area contributed by atoms with Crippen molar-refractivity contribution in [3.05, 3.63) is 41.3 Å². The average Bonchev–Trinajstić information content (AvgIpc) is 3.21. The summed E-state index contributed by atoms with van der Waals surface area (Å²) in [6.45, 7) is 8.56. The van der Waals surface area contributed by atoms with Gasteiger partial charge in [0, 0.05) is 23.9 Å². The van der Waals surface area contributed by atoms with E-state index in [0.29, 0.717) is 48.6 Å². The van der Waals surface area contributed by atoms with E-state index < -0.39 is 5.97 Å². The topological polar surface area (TPSA) is 132 Å². The Bertz CT molecular complexity index is 1180. The number of nitrogens with zero attached hydrogens (tertiary/aromatic N) is 4. The molecule has 2 N–H and O–H groups in total. The van der Waals surface area contributed by atoms with Crippen molar-refractivity contribution in [2.24, 2.45) is 11.8 Å². The molecule has 3 heterocycles. The van der Waals surface area contributed by atoms with Gasteiger partial charge < -0.3 is 24.4 Å². The zero-order valence-corrected chi connectivity index (χ0v) is 21.2. The summed E-state index contributed by atoms with van der Waals surface area (Å²) in [5.74, 6) is 1.44. The number of rotatable bonds is 10. The number of nitrogens with one attached hydrogen (secondary N) is 1. The van der Waals surface area contributed by atoms with Gasteiger partial charge in [-0.3, -0.25) is 4.79 Å². The summed E-state index contributed by atoms with van der Waals surface area (Å²) in [6, 6.07) is 5.47. The van der Waals surface area contributed by atoms with Gasteiger partial charge in [0.1, 0.15) is 11.4 Å². The number of aromatic nitrogens is 4. The number of carbonyl (C=O) groups is 1. The molecule has 0 saturated heterocycles. The molecular weight excluding hydrogens is 462 g/mol. The zero-order valence-electron chi connectivity index (χ0n) is 21.2. The lowest BCUT2D eigenvalue weighted by Crippen LogP contribution is -2.26. The van der Waals surface area contributed by atoms with Crippen LogP contribution in [0.3, 0.4) is 0 Å². The molecular formula is C26H33N5O5. The Hall–Kier alpha value is -3.69. The molecule has 0 spiro atoms. The molecule has 1 fully saturated rings. The molecule has 1 aliphatic carbocycles. The minimum absolute atomic E-state index is 0.0152. The van der Waals surface area contributed by atoms with E-state index in [0.717, 1.165) is 36.2 Å². The van der Waals surface area contributed by atoms with Crippen molar-refractivity contribution in [1.82, 2.24) is 20.1 Å². The molecule has 36 heavy (non-hydrogen) atoms. The lowest BCUT2D eigenvalue weighted by molar-refractivity contribution is -0.143. The molecule has 0 amide bonds. The first kappa shape index (κ1) is 25.4. The predicted octanol–water partition coefficient (Wildman–Crippen LogP) is 4.81. The molecule has 3 aromatic heterocycles. The van der Waals surface area contributed by atoms with Crippen LogP contribution in [0.2, 0.25) is 0 Å². The van der Waals surface area contributed by atoms with Crippen LogP contribution < -0.4 is 14.8 Å². The largest absolute Gasteiger partial charge is 0.492 e. The van der Waals surface area contributed by atoms with Crippen molar-refractivity contribution in [3.8, 4) is 23.1 Å². The van der Waals surface area contributed by atoms with Gasteiger partial charge in [0.25, 0.3) is 0 Å². The number of hydrogen-bond acceptors (Lipinski definition) is 9. The van der Waals surface area contributed by atoms with Gasteiger partial charge in [-0.25, -0.2) is 9.97 Å². The van der Waals surface area contributed by atoms with E-state index in [1.54, 1.807) is 12.3 Å². The van der Waals surface area contributed by atoms with Crippen molar-refractivity contribution in [2.45, 2.75) is 66.0 Å². The van der Waals surface area contributed by atoms with E-state index in [1.807, 2.05) is 39.8 Å². The summed E-state index contributed by atoms with van der Waals surface area (Å²) < 4.78 is 17.2. The van der Waals surface area contributed by atoms with Gasteiger partial charge in [0.2, 0.25) is 11.8 Å². The van der Waals surface area contributed by atoms with E-state index >= 15 is 0 Å². The Labute approximate surface area is 210 Å². The number of pyridine rings is 1. The van der Waals surface area contributed by atoms with Crippen molar-refractivity contribution in [3.63, 3.8) is 0 Å². The highest BCUT2D eigenvalue weighted by atomic mass is 16.5. The Kier molecular flexibility index (Phi) is 8.02.